The zero-order chi connectivity index (χ0) is 18.0. The average molecular weight is 343 g/mol. The van der Waals surface area contributed by atoms with Gasteiger partial charge in [0.15, 0.2) is 11.5 Å². The number of aliphatic carboxylic acids is 1. The molecule has 25 heavy (non-hydrogen) atoms. The zero-order valence-electron chi connectivity index (χ0n) is 14.5. The number of benzene rings is 1. The third-order valence-electron chi connectivity index (χ3n) is 4.56. The quantitative estimate of drug-likeness (QED) is 0.890. The lowest BCUT2D eigenvalue weighted by Crippen LogP contribution is -2.24. The van der Waals surface area contributed by atoms with Gasteiger partial charge in [0.05, 0.1) is 20.1 Å². The molecule has 3 rings (SSSR count). The lowest BCUT2D eigenvalue weighted by Gasteiger charge is -2.20. The average Bonchev–Trinajstić information content (AvgIpc) is 3.06. The fourth-order valence-electron chi connectivity index (χ4n) is 3.38. The van der Waals surface area contributed by atoms with Crippen molar-refractivity contribution in [3.8, 4) is 11.5 Å². The summed E-state index contributed by atoms with van der Waals surface area (Å²) in [5.41, 5.74) is 0.836. The van der Waals surface area contributed by atoms with Crippen LogP contribution in [-0.2, 0) is 4.79 Å². The van der Waals surface area contributed by atoms with E-state index in [0.29, 0.717) is 30.4 Å². The fourth-order valence-corrected chi connectivity index (χ4v) is 3.38. The summed E-state index contributed by atoms with van der Waals surface area (Å²) in [6.07, 6.45) is 1.69. The Morgan fingerprint density at radius 1 is 1.24 bits per heavy atom. The van der Waals surface area contributed by atoms with Gasteiger partial charge in [0, 0.05) is 30.8 Å². The number of ether oxygens (including phenoxy) is 2. The molecule has 132 valence electrons. The Balaban J connectivity index is 1.99. The molecule has 1 aromatic heterocycles. The van der Waals surface area contributed by atoms with Crippen LogP contribution in [0, 0.1) is 12.8 Å². The number of rotatable bonds is 5. The number of carboxylic acids is 1. The van der Waals surface area contributed by atoms with Crippen molar-refractivity contribution in [2.75, 3.05) is 32.2 Å². The van der Waals surface area contributed by atoms with Crippen LogP contribution in [0.2, 0.25) is 0 Å². The highest BCUT2D eigenvalue weighted by molar-refractivity contribution is 5.74. The molecule has 1 fully saturated rings. The summed E-state index contributed by atoms with van der Waals surface area (Å²) in [4.78, 5) is 22.4. The molecule has 1 aliphatic heterocycles. The number of para-hydroxylation sites is 1. The van der Waals surface area contributed by atoms with Gasteiger partial charge in [-0.15, -0.1) is 0 Å². The highest BCUT2D eigenvalue weighted by Crippen LogP contribution is 2.42. The Bertz CT molecular complexity index is 781. The number of nitrogens with zero attached hydrogens (tertiary/aromatic N) is 3. The van der Waals surface area contributed by atoms with Gasteiger partial charge in [-0.2, -0.15) is 0 Å². The molecule has 0 amide bonds. The summed E-state index contributed by atoms with van der Waals surface area (Å²) in [6.45, 7) is 2.74. The molecule has 7 heteroatoms. The van der Waals surface area contributed by atoms with Crippen LogP contribution in [-0.4, -0.2) is 48.4 Å². The van der Waals surface area contributed by atoms with E-state index in [2.05, 4.69) is 9.97 Å². The minimum absolute atomic E-state index is 0.224. The van der Waals surface area contributed by atoms with Gasteiger partial charge in [0.2, 0.25) is 0 Å². The van der Waals surface area contributed by atoms with Crippen LogP contribution in [0.15, 0.2) is 30.5 Å². The number of carboxylic acid groups (broad SMARTS) is 1. The lowest BCUT2D eigenvalue weighted by atomic mass is 9.88. The van der Waals surface area contributed by atoms with Crippen molar-refractivity contribution in [1.82, 2.24) is 9.97 Å². The van der Waals surface area contributed by atoms with Crippen LogP contribution in [0.4, 0.5) is 5.82 Å². The lowest BCUT2D eigenvalue weighted by molar-refractivity contribution is -0.141. The van der Waals surface area contributed by atoms with Crippen LogP contribution >= 0.6 is 0 Å². The van der Waals surface area contributed by atoms with E-state index in [9.17, 15) is 9.90 Å². The molecule has 1 saturated heterocycles. The van der Waals surface area contributed by atoms with Gasteiger partial charge in [-0.1, -0.05) is 12.1 Å². The summed E-state index contributed by atoms with van der Waals surface area (Å²) in [5, 5.41) is 9.72. The Labute approximate surface area is 146 Å². The van der Waals surface area contributed by atoms with E-state index in [0.717, 1.165) is 11.4 Å². The third-order valence-corrected chi connectivity index (χ3v) is 4.56. The molecule has 2 aromatic rings. The summed E-state index contributed by atoms with van der Waals surface area (Å²) in [7, 11) is 3.14. The molecule has 1 aromatic carbocycles. The normalized spacial score (nSPS) is 19.7. The van der Waals surface area contributed by atoms with Crippen molar-refractivity contribution in [2.24, 2.45) is 5.92 Å². The molecule has 0 spiro atoms. The summed E-state index contributed by atoms with van der Waals surface area (Å²) in [6, 6.07) is 7.36. The predicted molar refractivity (Wildman–Crippen MR) is 92.4 cm³/mol. The summed E-state index contributed by atoms with van der Waals surface area (Å²) in [5.74, 6) is 0.967. The van der Waals surface area contributed by atoms with Gasteiger partial charge in [-0.3, -0.25) is 4.79 Å². The molecule has 0 bridgehead atoms. The van der Waals surface area contributed by atoms with Crippen LogP contribution in [0.5, 0.6) is 11.5 Å². The molecular formula is C18H21N3O4. The van der Waals surface area contributed by atoms with Gasteiger partial charge in [-0.25, -0.2) is 9.97 Å². The van der Waals surface area contributed by atoms with E-state index in [1.54, 1.807) is 32.5 Å². The van der Waals surface area contributed by atoms with E-state index in [1.165, 1.54) is 0 Å². The number of hydrogen-bond donors (Lipinski definition) is 1. The Morgan fingerprint density at radius 2 is 2.04 bits per heavy atom. The zero-order valence-corrected chi connectivity index (χ0v) is 14.5. The molecule has 0 saturated carbocycles. The van der Waals surface area contributed by atoms with Gasteiger partial charge in [-0.05, 0) is 19.1 Å². The predicted octanol–water partition coefficient (Wildman–Crippen LogP) is 2.11. The second-order valence-electron chi connectivity index (χ2n) is 6.00. The number of aromatic nitrogens is 2. The van der Waals surface area contributed by atoms with E-state index < -0.39 is 11.9 Å². The smallest absolute Gasteiger partial charge is 0.308 e. The second-order valence-corrected chi connectivity index (χ2v) is 6.00. The van der Waals surface area contributed by atoms with Gasteiger partial charge in [0.1, 0.15) is 11.6 Å². The highest BCUT2D eigenvalue weighted by Gasteiger charge is 2.40. The topological polar surface area (TPSA) is 84.8 Å². The number of hydrogen-bond acceptors (Lipinski definition) is 6. The maximum atomic E-state index is 11.9. The molecule has 2 heterocycles. The summed E-state index contributed by atoms with van der Waals surface area (Å²) >= 11 is 0. The number of aryl methyl sites for hydroxylation is 1. The maximum Gasteiger partial charge on any atom is 0.308 e. The van der Waals surface area contributed by atoms with Crippen molar-refractivity contribution in [2.45, 2.75) is 12.8 Å². The van der Waals surface area contributed by atoms with Gasteiger partial charge in [0.25, 0.3) is 0 Å². The van der Waals surface area contributed by atoms with Gasteiger partial charge >= 0.3 is 5.97 Å². The molecule has 1 N–H and O–H groups in total. The molecular weight excluding hydrogens is 322 g/mol. The monoisotopic (exact) mass is 343 g/mol. The number of anilines is 1. The van der Waals surface area contributed by atoms with Gasteiger partial charge < -0.3 is 19.5 Å². The minimum Gasteiger partial charge on any atom is -0.493 e. The van der Waals surface area contributed by atoms with E-state index in [-0.39, 0.29) is 5.92 Å². The Hall–Kier alpha value is -2.83. The first-order valence-electron chi connectivity index (χ1n) is 8.03. The largest absolute Gasteiger partial charge is 0.493 e. The van der Waals surface area contributed by atoms with E-state index >= 15 is 0 Å². The minimum atomic E-state index is -0.830. The standard InChI is InChI=1S/C18H21N3O4/c1-11-19-8-7-16(20-11)21-9-13(14(10-21)18(22)23)12-5-4-6-15(24-2)17(12)25-3/h4-8,13-14H,9-10H2,1-3H3,(H,22,23)/t13-,14+/m0/s1. The molecule has 0 aliphatic carbocycles. The second kappa shape index (κ2) is 6.96. The van der Waals surface area contributed by atoms with Crippen molar-refractivity contribution < 1.29 is 19.4 Å². The fraction of sp³-hybridized carbons (Fsp3) is 0.389. The molecule has 1 aliphatic rings. The highest BCUT2D eigenvalue weighted by atomic mass is 16.5. The van der Waals surface area contributed by atoms with Crippen molar-refractivity contribution >= 4 is 11.8 Å². The van der Waals surface area contributed by atoms with E-state index in [1.807, 2.05) is 24.0 Å². The molecule has 2 atom stereocenters. The third kappa shape index (κ3) is 3.22. The first-order valence-corrected chi connectivity index (χ1v) is 8.03. The van der Waals surface area contributed by atoms with Crippen molar-refractivity contribution in [1.29, 1.82) is 0 Å². The van der Waals surface area contributed by atoms with Crippen molar-refractivity contribution in [3.63, 3.8) is 0 Å². The van der Waals surface area contributed by atoms with Crippen LogP contribution in [0.25, 0.3) is 0 Å². The summed E-state index contributed by atoms with van der Waals surface area (Å²) < 4.78 is 10.9. The Kier molecular flexibility index (Phi) is 4.74. The number of carbonyl (C=O) groups is 1. The molecule has 0 unspecified atom stereocenters. The number of methoxy groups -OCH3 is 2. The SMILES string of the molecule is COc1cccc([C@@H]2CN(c3ccnc(C)n3)C[C@H]2C(=O)O)c1OC. The van der Waals surface area contributed by atoms with Crippen molar-refractivity contribution in [3.05, 3.63) is 41.9 Å². The van der Waals surface area contributed by atoms with E-state index in [4.69, 9.17) is 9.47 Å². The molecule has 7 nitrogen and oxygen atoms in total. The van der Waals surface area contributed by atoms with Crippen LogP contribution in [0.1, 0.15) is 17.3 Å². The Morgan fingerprint density at radius 3 is 2.68 bits per heavy atom. The molecule has 0 radical (unpaired) electrons. The van der Waals surface area contributed by atoms with Crippen LogP contribution < -0.4 is 14.4 Å². The van der Waals surface area contributed by atoms with Crippen LogP contribution in [0.3, 0.4) is 0 Å². The maximum absolute atomic E-state index is 11.9. The first kappa shape index (κ1) is 17.0. The first-order chi connectivity index (χ1) is 12.0.